The van der Waals surface area contributed by atoms with Gasteiger partial charge in [-0.15, -0.1) is 11.3 Å². The molecule has 0 saturated carbocycles. The predicted molar refractivity (Wildman–Crippen MR) is 86.9 cm³/mol. The highest BCUT2D eigenvalue weighted by atomic mass is 35.5. The standard InChI is InChI=1S/C16H20ClNOS/c1-5-19-14-7-6-11(17)8-12(14)13-10-20-15(18-13)9-16(2,3)4/h6-8,10H,5,9H2,1-4H3. The van der Waals surface area contributed by atoms with E-state index in [0.717, 1.165) is 28.4 Å². The normalized spacial score (nSPS) is 11.7. The first-order valence-corrected chi connectivity index (χ1v) is 8.02. The van der Waals surface area contributed by atoms with Crippen molar-refractivity contribution in [2.75, 3.05) is 6.61 Å². The highest BCUT2D eigenvalue weighted by molar-refractivity contribution is 7.09. The minimum atomic E-state index is 0.242. The Bertz CT molecular complexity index is 586. The molecule has 0 fully saturated rings. The average Bonchev–Trinajstić information content (AvgIpc) is 2.77. The summed E-state index contributed by atoms with van der Waals surface area (Å²) in [6.45, 7) is 9.27. The van der Waals surface area contributed by atoms with Crippen LogP contribution < -0.4 is 4.74 Å². The predicted octanol–water partition coefficient (Wildman–Crippen LogP) is 5.45. The lowest BCUT2D eigenvalue weighted by atomic mass is 9.93. The summed E-state index contributed by atoms with van der Waals surface area (Å²) in [5.74, 6) is 0.838. The number of rotatable bonds is 4. The molecule has 1 heterocycles. The zero-order valence-electron chi connectivity index (χ0n) is 12.4. The van der Waals surface area contributed by atoms with E-state index in [2.05, 4.69) is 26.2 Å². The van der Waals surface area contributed by atoms with Crippen LogP contribution in [0.5, 0.6) is 5.75 Å². The summed E-state index contributed by atoms with van der Waals surface area (Å²) in [6, 6.07) is 5.67. The molecule has 2 nitrogen and oxygen atoms in total. The van der Waals surface area contributed by atoms with Crippen LogP contribution in [0.3, 0.4) is 0 Å². The Hall–Kier alpha value is -1.06. The Balaban J connectivity index is 2.34. The fourth-order valence-corrected chi connectivity index (χ4v) is 3.22. The number of hydrogen-bond donors (Lipinski definition) is 0. The van der Waals surface area contributed by atoms with Crippen LogP contribution in [0.15, 0.2) is 23.6 Å². The molecule has 20 heavy (non-hydrogen) atoms. The monoisotopic (exact) mass is 309 g/mol. The second-order valence-electron chi connectivity index (χ2n) is 5.94. The van der Waals surface area contributed by atoms with Crippen LogP contribution in [0, 0.1) is 5.41 Å². The van der Waals surface area contributed by atoms with Gasteiger partial charge in [-0.05, 0) is 30.5 Å². The summed E-state index contributed by atoms with van der Waals surface area (Å²) in [5.41, 5.74) is 2.16. The molecule has 2 rings (SSSR count). The minimum Gasteiger partial charge on any atom is -0.493 e. The fraction of sp³-hybridized carbons (Fsp3) is 0.438. The average molecular weight is 310 g/mol. The second kappa shape index (κ2) is 6.15. The van der Waals surface area contributed by atoms with E-state index in [4.69, 9.17) is 21.3 Å². The van der Waals surface area contributed by atoms with Crippen molar-refractivity contribution < 1.29 is 4.74 Å². The van der Waals surface area contributed by atoms with Gasteiger partial charge in [-0.3, -0.25) is 0 Å². The summed E-state index contributed by atoms with van der Waals surface area (Å²) < 4.78 is 5.66. The largest absolute Gasteiger partial charge is 0.493 e. The van der Waals surface area contributed by atoms with Gasteiger partial charge in [-0.25, -0.2) is 4.98 Å². The number of thiazole rings is 1. The smallest absolute Gasteiger partial charge is 0.128 e. The molecular weight excluding hydrogens is 290 g/mol. The van der Waals surface area contributed by atoms with Gasteiger partial charge in [0.1, 0.15) is 5.75 Å². The zero-order chi connectivity index (χ0) is 14.8. The van der Waals surface area contributed by atoms with Crippen LogP contribution >= 0.6 is 22.9 Å². The maximum atomic E-state index is 6.10. The summed E-state index contributed by atoms with van der Waals surface area (Å²) in [6.07, 6.45) is 0.974. The van der Waals surface area contributed by atoms with Crippen LogP contribution in [-0.2, 0) is 6.42 Å². The molecule has 0 radical (unpaired) electrons. The molecule has 0 spiro atoms. The van der Waals surface area contributed by atoms with Gasteiger partial charge in [-0.1, -0.05) is 32.4 Å². The van der Waals surface area contributed by atoms with Gasteiger partial charge in [0.05, 0.1) is 17.3 Å². The second-order valence-corrected chi connectivity index (χ2v) is 7.32. The molecular formula is C16H20ClNOS. The SMILES string of the molecule is CCOc1ccc(Cl)cc1-c1csc(CC(C)(C)C)n1. The molecule has 0 aliphatic carbocycles. The number of aromatic nitrogens is 1. The highest BCUT2D eigenvalue weighted by Gasteiger charge is 2.16. The van der Waals surface area contributed by atoms with E-state index in [1.165, 1.54) is 0 Å². The van der Waals surface area contributed by atoms with E-state index in [9.17, 15) is 0 Å². The Morgan fingerprint density at radius 2 is 2.05 bits per heavy atom. The third-order valence-corrected chi connectivity index (χ3v) is 3.83. The van der Waals surface area contributed by atoms with Crippen LogP contribution in [0.25, 0.3) is 11.3 Å². The molecule has 108 valence electrons. The Morgan fingerprint density at radius 3 is 2.70 bits per heavy atom. The highest BCUT2D eigenvalue weighted by Crippen LogP contribution is 2.34. The quantitative estimate of drug-likeness (QED) is 0.749. The molecule has 0 unspecified atom stereocenters. The van der Waals surface area contributed by atoms with Gasteiger partial charge in [0.25, 0.3) is 0 Å². The molecule has 2 aromatic rings. The third kappa shape index (κ3) is 3.97. The number of benzene rings is 1. The molecule has 0 bridgehead atoms. The van der Waals surface area contributed by atoms with Crippen molar-refractivity contribution in [3.63, 3.8) is 0 Å². The van der Waals surface area contributed by atoms with E-state index in [1.807, 2.05) is 25.1 Å². The van der Waals surface area contributed by atoms with E-state index >= 15 is 0 Å². The molecule has 0 amide bonds. The first kappa shape index (κ1) is 15.3. The molecule has 0 atom stereocenters. The molecule has 0 aliphatic rings. The first-order valence-electron chi connectivity index (χ1n) is 6.76. The lowest BCUT2D eigenvalue weighted by Crippen LogP contribution is -2.08. The van der Waals surface area contributed by atoms with Gasteiger partial charge in [0, 0.05) is 22.4 Å². The van der Waals surface area contributed by atoms with Crippen molar-refractivity contribution in [3.8, 4) is 17.0 Å². The first-order chi connectivity index (χ1) is 9.39. The maximum Gasteiger partial charge on any atom is 0.128 e. The van der Waals surface area contributed by atoms with Gasteiger partial charge in [0.2, 0.25) is 0 Å². The number of hydrogen-bond acceptors (Lipinski definition) is 3. The number of nitrogens with zero attached hydrogens (tertiary/aromatic N) is 1. The lowest BCUT2D eigenvalue weighted by molar-refractivity contribution is 0.341. The van der Waals surface area contributed by atoms with Crippen LogP contribution in [0.4, 0.5) is 0 Å². The fourth-order valence-electron chi connectivity index (χ4n) is 1.95. The molecule has 0 N–H and O–H groups in total. The van der Waals surface area contributed by atoms with Crippen molar-refractivity contribution in [2.24, 2.45) is 5.41 Å². The van der Waals surface area contributed by atoms with Gasteiger partial charge in [0.15, 0.2) is 0 Å². The van der Waals surface area contributed by atoms with E-state index in [0.29, 0.717) is 11.6 Å². The molecule has 0 saturated heterocycles. The van der Waals surface area contributed by atoms with Crippen molar-refractivity contribution in [1.82, 2.24) is 4.98 Å². The van der Waals surface area contributed by atoms with Crippen LogP contribution in [0.1, 0.15) is 32.7 Å². The summed E-state index contributed by atoms with van der Waals surface area (Å²) in [5, 5.41) is 3.93. The number of ether oxygens (including phenoxy) is 1. The maximum absolute atomic E-state index is 6.10. The molecule has 4 heteroatoms. The van der Waals surface area contributed by atoms with Crippen LogP contribution in [-0.4, -0.2) is 11.6 Å². The van der Waals surface area contributed by atoms with Crippen molar-refractivity contribution in [2.45, 2.75) is 34.1 Å². The lowest BCUT2D eigenvalue weighted by Gasteiger charge is -2.15. The molecule has 1 aromatic heterocycles. The van der Waals surface area contributed by atoms with Gasteiger partial charge >= 0.3 is 0 Å². The summed E-state index contributed by atoms with van der Waals surface area (Å²) >= 11 is 7.79. The Morgan fingerprint density at radius 1 is 1.30 bits per heavy atom. The van der Waals surface area contributed by atoms with Crippen molar-refractivity contribution in [3.05, 3.63) is 33.6 Å². The van der Waals surface area contributed by atoms with E-state index < -0.39 is 0 Å². The molecule has 0 aliphatic heterocycles. The van der Waals surface area contributed by atoms with E-state index in [1.54, 1.807) is 11.3 Å². The van der Waals surface area contributed by atoms with Crippen LogP contribution in [0.2, 0.25) is 5.02 Å². The molecule has 1 aromatic carbocycles. The van der Waals surface area contributed by atoms with Crippen molar-refractivity contribution in [1.29, 1.82) is 0 Å². The number of halogens is 1. The Kier molecular flexibility index (Phi) is 4.71. The van der Waals surface area contributed by atoms with Gasteiger partial charge in [-0.2, -0.15) is 0 Å². The third-order valence-electron chi connectivity index (χ3n) is 2.75. The van der Waals surface area contributed by atoms with Gasteiger partial charge < -0.3 is 4.74 Å². The summed E-state index contributed by atoms with van der Waals surface area (Å²) in [7, 11) is 0. The van der Waals surface area contributed by atoms with Crippen molar-refractivity contribution >= 4 is 22.9 Å². The van der Waals surface area contributed by atoms with E-state index in [-0.39, 0.29) is 5.41 Å². The zero-order valence-corrected chi connectivity index (χ0v) is 13.9. The Labute approximate surface area is 129 Å². The topological polar surface area (TPSA) is 22.1 Å². The summed E-state index contributed by atoms with van der Waals surface area (Å²) in [4.78, 5) is 4.73. The minimum absolute atomic E-state index is 0.242.